The number of allylic oxidation sites excluding steroid dienone is 1. The van der Waals surface area contributed by atoms with Gasteiger partial charge in [0.05, 0.1) is 11.2 Å². The fraction of sp³-hybridized carbons (Fsp3) is 0.467. The molecule has 0 aromatic heterocycles. The molecule has 102 valence electrons. The van der Waals surface area contributed by atoms with Gasteiger partial charge in [0.1, 0.15) is 5.82 Å². The van der Waals surface area contributed by atoms with Crippen molar-refractivity contribution in [3.05, 3.63) is 41.6 Å². The average Bonchev–Trinajstić information content (AvgIpc) is 2.47. The van der Waals surface area contributed by atoms with E-state index in [1.807, 2.05) is 40.6 Å². The van der Waals surface area contributed by atoms with Gasteiger partial charge in [-0.2, -0.15) is 0 Å². The lowest BCUT2D eigenvalue weighted by Gasteiger charge is -2.32. The molecule has 0 spiro atoms. The van der Waals surface area contributed by atoms with Crippen LogP contribution in [0.15, 0.2) is 30.2 Å². The van der Waals surface area contributed by atoms with Crippen LogP contribution in [-0.2, 0) is 9.31 Å². The van der Waals surface area contributed by atoms with Gasteiger partial charge in [0.25, 0.3) is 0 Å². The van der Waals surface area contributed by atoms with E-state index in [2.05, 4.69) is 0 Å². The molecule has 1 aliphatic rings. The van der Waals surface area contributed by atoms with E-state index < -0.39 is 0 Å². The van der Waals surface area contributed by atoms with Crippen LogP contribution in [0.1, 0.15) is 40.2 Å². The normalized spacial score (nSPS) is 21.8. The predicted molar refractivity (Wildman–Crippen MR) is 76.1 cm³/mol. The van der Waals surface area contributed by atoms with E-state index in [0.29, 0.717) is 0 Å². The molecular formula is C15H20BFO2. The van der Waals surface area contributed by atoms with E-state index in [0.717, 1.165) is 11.1 Å². The van der Waals surface area contributed by atoms with Gasteiger partial charge in [0.2, 0.25) is 0 Å². The maximum Gasteiger partial charge on any atom is 0.487 e. The summed E-state index contributed by atoms with van der Waals surface area (Å²) in [5.41, 5.74) is 1.31. The molecule has 0 bridgehead atoms. The third-order valence-corrected chi connectivity index (χ3v) is 3.96. The molecule has 0 unspecified atom stereocenters. The predicted octanol–water partition coefficient (Wildman–Crippen LogP) is 3.86. The summed E-state index contributed by atoms with van der Waals surface area (Å²) in [5.74, 6) is 1.70. The molecule has 19 heavy (non-hydrogen) atoms. The van der Waals surface area contributed by atoms with Crippen molar-refractivity contribution in [1.82, 2.24) is 0 Å². The van der Waals surface area contributed by atoms with E-state index in [-0.39, 0.29) is 24.1 Å². The fourth-order valence-corrected chi connectivity index (χ4v) is 1.97. The number of halogens is 1. The smallest absolute Gasteiger partial charge is 0.400 e. The van der Waals surface area contributed by atoms with Gasteiger partial charge in [0, 0.05) is 0 Å². The van der Waals surface area contributed by atoms with Crippen LogP contribution >= 0.6 is 0 Å². The largest absolute Gasteiger partial charge is 0.487 e. The molecule has 1 aromatic rings. The van der Waals surface area contributed by atoms with Crippen LogP contribution in [-0.4, -0.2) is 18.3 Å². The zero-order valence-electron chi connectivity index (χ0n) is 12.2. The minimum absolute atomic E-state index is 0.229. The Labute approximate surface area is 114 Å². The van der Waals surface area contributed by atoms with Gasteiger partial charge in [-0.25, -0.2) is 4.39 Å². The summed E-state index contributed by atoms with van der Waals surface area (Å²) in [4.78, 5) is 0. The Balaban J connectivity index is 2.17. The lowest BCUT2D eigenvalue weighted by Crippen LogP contribution is -2.41. The van der Waals surface area contributed by atoms with Gasteiger partial charge in [-0.05, 0) is 52.3 Å². The first-order chi connectivity index (χ1) is 8.71. The highest BCUT2D eigenvalue weighted by Gasteiger charge is 2.50. The number of rotatable bonds is 2. The van der Waals surface area contributed by atoms with Gasteiger partial charge in [-0.3, -0.25) is 0 Å². The first kappa shape index (κ1) is 14.3. The van der Waals surface area contributed by atoms with Crippen LogP contribution in [0.25, 0.3) is 5.57 Å². The second-order valence-electron chi connectivity index (χ2n) is 5.98. The Hall–Kier alpha value is -1.13. The molecule has 0 aliphatic carbocycles. The monoisotopic (exact) mass is 262 g/mol. The first-order valence-corrected chi connectivity index (χ1v) is 6.51. The van der Waals surface area contributed by atoms with Crippen molar-refractivity contribution in [3.8, 4) is 0 Å². The van der Waals surface area contributed by atoms with Crippen molar-refractivity contribution in [2.24, 2.45) is 0 Å². The van der Waals surface area contributed by atoms with Gasteiger partial charge < -0.3 is 9.31 Å². The van der Waals surface area contributed by atoms with E-state index in [4.69, 9.17) is 9.31 Å². The highest BCUT2D eigenvalue weighted by Crippen LogP contribution is 2.37. The molecule has 0 saturated carbocycles. The zero-order chi connectivity index (χ0) is 14.3. The Bertz CT molecular complexity index is 475. The number of benzene rings is 1. The summed E-state index contributed by atoms with van der Waals surface area (Å²) < 4.78 is 24.7. The van der Waals surface area contributed by atoms with Crippen LogP contribution in [0.2, 0.25) is 0 Å². The van der Waals surface area contributed by atoms with E-state index in [1.54, 1.807) is 12.1 Å². The summed E-state index contributed by atoms with van der Waals surface area (Å²) in [6, 6.07) is 6.42. The molecule has 1 saturated heterocycles. The first-order valence-electron chi connectivity index (χ1n) is 6.51. The zero-order valence-corrected chi connectivity index (χ0v) is 12.2. The Morgan fingerprint density at radius 3 is 2.00 bits per heavy atom. The molecular weight excluding hydrogens is 242 g/mol. The van der Waals surface area contributed by atoms with Crippen LogP contribution in [0.5, 0.6) is 0 Å². The van der Waals surface area contributed by atoms with E-state index in [1.165, 1.54) is 12.1 Å². The van der Waals surface area contributed by atoms with Gasteiger partial charge >= 0.3 is 7.12 Å². The van der Waals surface area contributed by atoms with Crippen molar-refractivity contribution in [2.45, 2.75) is 45.8 Å². The molecule has 4 heteroatoms. The summed E-state index contributed by atoms with van der Waals surface area (Å²) in [7, 11) is -0.366. The molecule has 2 nitrogen and oxygen atoms in total. The van der Waals surface area contributed by atoms with Crippen molar-refractivity contribution < 1.29 is 13.7 Å². The highest BCUT2D eigenvalue weighted by atomic mass is 19.1. The quantitative estimate of drug-likeness (QED) is 0.753. The number of hydrogen-bond acceptors (Lipinski definition) is 2. The molecule has 1 heterocycles. The SMILES string of the molecule is C/C(=C\B1OC(C)(C)C(C)(C)O1)c1ccc(F)cc1. The molecule has 0 N–H and O–H groups in total. The van der Waals surface area contributed by atoms with Crippen LogP contribution in [0.4, 0.5) is 4.39 Å². The number of hydrogen-bond donors (Lipinski definition) is 0. The van der Waals surface area contributed by atoms with E-state index >= 15 is 0 Å². The van der Waals surface area contributed by atoms with Crippen molar-refractivity contribution in [1.29, 1.82) is 0 Å². The third-order valence-electron chi connectivity index (χ3n) is 3.96. The average molecular weight is 262 g/mol. The summed E-state index contributed by atoms with van der Waals surface area (Å²) in [6.07, 6.45) is 0. The Kier molecular flexibility index (Phi) is 3.58. The van der Waals surface area contributed by atoms with Gasteiger partial charge in [0.15, 0.2) is 0 Å². The van der Waals surface area contributed by atoms with Crippen molar-refractivity contribution >= 4 is 12.7 Å². The van der Waals surface area contributed by atoms with Gasteiger partial charge in [-0.1, -0.05) is 23.7 Å². The minimum atomic E-state index is -0.366. The maximum atomic E-state index is 12.9. The molecule has 1 fully saturated rings. The Morgan fingerprint density at radius 1 is 1.05 bits per heavy atom. The summed E-state index contributed by atoms with van der Waals surface area (Å²) in [6.45, 7) is 10.1. The second-order valence-corrected chi connectivity index (χ2v) is 5.98. The lowest BCUT2D eigenvalue weighted by molar-refractivity contribution is 0.00578. The van der Waals surface area contributed by atoms with Crippen LogP contribution < -0.4 is 0 Å². The molecule has 0 amide bonds. The Morgan fingerprint density at radius 2 is 1.53 bits per heavy atom. The third kappa shape index (κ3) is 2.90. The summed E-state index contributed by atoms with van der Waals surface area (Å²) >= 11 is 0. The highest BCUT2D eigenvalue weighted by molar-refractivity contribution is 6.53. The fourth-order valence-electron chi connectivity index (χ4n) is 1.97. The standard InChI is InChI=1S/C15H20BFO2/c1-11(12-6-8-13(17)9-7-12)10-16-18-14(2,3)15(4,5)19-16/h6-10H,1-5H3/b11-10+. The maximum absolute atomic E-state index is 12.9. The lowest BCUT2D eigenvalue weighted by atomic mass is 9.85. The topological polar surface area (TPSA) is 18.5 Å². The molecule has 0 atom stereocenters. The minimum Gasteiger partial charge on any atom is -0.400 e. The van der Waals surface area contributed by atoms with Crippen molar-refractivity contribution in [3.63, 3.8) is 0 Å². The second kappa shape index (κ2) is 4.76. The molecule has 0 radical (unpaired) electrons. The van der Waals surface area contributed by atoms with Crippen LogP contribution in [0.3, 0.4) is 0 Å². The molecule has 1 aromatic carbocycles. The molecule has 1 aliphatic heterocycles. The summed E-state index contributed by atoms with van der Waals surface area (Å²) in [5, 5.41) is 0. The molecule has 2 rings (SSSR count). The van der Waals surface area contributed by atoms with Crippen molar-refractivity contribution in [2.75, 3.05) is 0 Å². The van der Waals surface area contributed by atoms with Crippen LogP contribution in [0, 0.1) is 5.82 Å². The van der Waals surface area contributed by atoms with E-state index in [9.17, 15) is 4.39 Å². The van der Waals surface area contributed by atoms with Gasteiger partial charge in [-0.15, -0.1) is 0 Å².